The SMILES string of the molecule is O=C(COc1cccc(N2C(=O)[C@H]3CC=CC[C@@H]3C2=O)c1)c1ccc(-c2ccccc2)cc1. The standard InChI is InChI=1S/C28H23NO4/c30-26(21-15-13-20(14-16-21)19-7-2-1-3-8-19)18-33-23-10-6-9-22(17-23)29-27(31)24-11-4-5-12-25(24)28(29)32/h1-10,13-17,24-25H,11-12,18H2/t24-,25-/m0/s1. The highest BCUT2D eigenvalue weighted by atomic mass is 16.5. The number of rotatable bonds is 6. The number of amides is 2. The average molecular weight is 437 g/mol. The van der Waals surface area contributed by atoms with E-state index in [1.807, 2.05) is 54.6 Å². The molecule has 3 aromatic carbocycles. The number of ketones is 1. The van der Waals surface area contributed by atoms with Gasteiger partial charge in [0.1, 0.15) is 5.75 Å². The molecule has 0 radical (unpaired) electrons. The van der Waals surface area contributed by atoms with Gasteiger partial charge in [-0.25, -0.2) is 4.90 Å². The van der Waals surface area contributed by atoms with Crippen molar-refractivity contribution in [2.24, 2.45) is 11.8 Å². The van der Waals surface area contributed by atoms with Crippen molar-refractivity contribution < 1.29 is 19.1 Å². The first-order valence-electron chi connectivity index (χ1n) is 11.1. The van der Waals surface area contributed by atoms with Crippen LogP contribution in [0.5, 0.6) is 5.75 Å². The Morgan fingerprint density at radius 1 is 0.788 bits per heavy atom. The first kappa shape index (κ1) is 20.9. The molecule has 164 valence electrons. The molecule has 0 aromatic heterocycles. The van der Waals surface area contributed by atoms with Crippen molar-refractivity contribution in [1.29, 1.82) is 0 Å². The molecule has 1 saturated heterocycles. The number of imide groups is 1. The molecule has 3 aromatic rings. The predicted octanol–water partition coefficient (Wildman–Crippen LogP) is 5.07. The number of benzene rings is 3. The second-order valence-electron chi connectivity index (χ2n) is 8.32. The highest BCUT2D eigenvalue weighted by Gasteiger charge is 2.47. The Morgan fingerprint density at radius 2 is 1.42 bits per heavy atom. The third-order valence-electron chi connectivity index (χ3n) is 6.27. The van der Waals surface area contributed by atoms with Crippen molar-refractivity contribution in [3.63, 3.8) is 0 Å². The van der Waals surface area contributed by atoms with E-state index in [2.05, 4.69) is 0 Å². The number of Topliss-reactive ketones (excluding diaryl/α,β-unsaturated/α-hetero) is 1. The van der Waals surface area contributed by atoms with Gasteiger partial charge in [0.15, 0.2) is 12.4 Å². The summed E-state index contributed by atoms with van der Waals surface area (Å²) in [6.07, 6.45) is 5.12. The van der Waals surface area contributed by atoms with Crippen LogP contribution in [0.15, 0.2) is 91.0 Å². The van der Waals surface area contributed by atoms with Gasteiger partial charge in [-0.1, -0.05) is 72.8 Å². The van der Waals surface area contributed by atoms with Crippen LogP contribution in [0.1, 0.15) is 23.2 Å². The molecule has 2 atom stereocenters. The number of anilines is 1. The van der Waals surface area contributed by atoms with Gasteiger partial charge < -0.3 is 4.74 Å². The zero-order valence-electron chi connectivity index (χ0n) is 18.0. The van der Waals surface area contributed by atoms with Crippen LogP contribution in [-0.2, 0) is 9.59 Å². The van der Waals surface area contributed by atoms with Crippen LogP contribution in [0.2, 0.25) is 0 Å². The number of hydrogen-bond acceptors (Lipinski definition) is 4. The van der Waals surface area contributed by atoms with Gasteiger partial charge in [-0.3, -0.25) is 14.4 Å². The van der Waals surface area contributed by atoms with Crippen molar-refractivity contribution in [1.82, 2.24) is 0 Å². The van der Waals surface area contributed by atoms with Crippen LogP contribution < -0.4 is 9.64 Å². The highest BCUT2D eigenvalue weighted by Crippen LogP contribution is 2.38. The molecule has 1 fully saturated rings. The minimum atomic E-state index is -0.285. The zero-order valence-corrected chi connectivity index (χ0v) is 18.0. The fourth-order valence-electron chi connectivity index (χ4n) is 4.48. The summed E-state index contributed by atoms with van der Waals surface area (Å²) in [5.41, 5.74) is 3.17. The molecule has 2 aliphatic rings. The summed E-state index contributed by atoms with van der Waals surface area (Å²) in [6.45, 7) is -0.134. The highest BCUT2D eigenvalue weighted by molar-refractivity contribution is 6.22. The molecule has 0 spiro atoms. The van der Waals surface area contributed by atoms with Crippen LogP contribution in [0.4, 0.5) is 5.69 Å². The zero-order chi connectivity index (χ0) is 22.8. The second kappa shape index (κ2) is 8.87. The molecule has 1 heterocycles. The van der Waals surface area contributed by atoms with Crippen molar-refractivity contribution in [2.75, 3.05) is 11.5 Å². The fourth-order valence-corrected chi connectivity index (χ4v) is 4.48. The molecule has 5 nitrogen and oxygen atoms in total. The van der Waals surface area contributed by atoms with E-state index in [0.29, 0.717) is 29.8 Å². The normalized spacial score (nSPS) is 19.5. The van der Waals surface area contributed by atoms with Gasteiger partial charge in [0.2, 0.25) is 11.8 Å². The molecule has 0 unspecified atom stereocenters. The van der Waals surface area contributed by atoms with Gasteiger partial charge in [0.25, 0.3) is 0 Å². The monoisotopic (exact) mass is 437 g/mol. The summed E-state index contributed by atoms with van der Waals surface area (Å²) in [5.74, 6) is -0.608. The third kappa shape index (κ3) is 4.10. The topological polar surface area (TPSA) is 63.7 Å². The molecular formula is C28H23NO4. The Labute approximate surface area is 192 Å². The lowest BCUT2D eigenvalue weighted by Gasteiger charge is -2.16. The Morgan fingerprint density at radius 3 is 2.09 bits per heavy atom. The van der Waals surface area contributed by atoms with E-state index >= 15 is 0 Å². The van der Waals surface area contributed by atoms with E-state index in [1.165, 1.54) is 4.90 Å². The second-order valence-corrected chi connectivity index (χ2v) is 8.32. The summed E-state index contributed by atoms with van der Waals surface area (Å²) < 4.78 is 5.72. The number of carbonyl (C=O) groups excluding carboxylic acids is 3. The van der Waals surface area contributed by atoms with Gasteiger partial charge in [-0.2, -0.15) is 0 Å². The Hall–Kier alpha value is -3.99. The van der Waals surface area contributed by atoms with Crippen LogP contribution in [-0.4, -0.2) is 24.2 Å². The van der Waals surface area contributed by atoms with Gasteiger partial charge in [0.05, 0.1) is 17.5 Å². The number of fused-ring (bicyclic) bond motifs is 1. The van der Waals surface area contributed by atoms with Gasteiger partial charge >= 0.3 is 0 Å². The minimum Gasteiger partial charge on any atom is -0.485 e. The van der Waals surface area contributed by atoms with Gasteiger partial charge in [-0.15, -0.1) is 0 Å². The van der Waals surface area contributed by atoms with E-state index in [9.17, 15) is 14.4 Å². The lowest BCUT2D eigenvalue weighted by Crippen LogP contribution is -2.30. The van der Waals surface area contributed by atoms with Crippen LogP contribution >= 0.6 is 0 Å². The summed E-state index contributed by atoms with van der Waals surface area (Å²) >= 11 is 0. The lowest BCUT2D eigenvalue weighted by molar-refractivity contribution is -0.122. The van der Waals surface area contributed by atoms with Crippen LogP contribution in [0.3, 0.4) is 0 Å². The Bertz CT molecular complexity index is 1200. The largest absolute Gasteiger partial charge is 0.485 e. The van der Waals surface area contributed by atoms with E-state index in [1.54, 1.807) is 36.4 Å². The Kier molecular flexibility index (Phi) is 5.61. The van der Waals surface area contributed by atoms with Crippen LogP contribution in [0, 0.1) is 11.8 Å². The summed E-state index contributed by atoms with van der Waals surface area (Å²) in [6, 6.07) is 24.2. The molecule has 0 saturated carbocycles. The molecular weight excluding hydrogens is 414 g/mol. The molecule has 5 rings (SSSR count). The molecule has 5 heteroatoms. The first-order chi connectivity index (χ1) is 16.1. The molecule has 2 amide bonds. The minimum absolute atomic E-state index is 0.134. The molecule has 33 heavy (non-hydrogen) atoms. The van der Waals surface area contributed by atoms with Crippen molar-refractivity contribution in [3.05, 3.63) is 96.6 Å². The fraction of sp³-hybridized carbons (Fsp3) is 0.179. The number of hydrogen-bond donors (Lipinski definition) is 0. The lowest BCUT2D eigenvalue weighted by atomic mass is 9.85. The quantitative estimate of drug-likeness (QED) is 0.307. The molecule has 0 N–H and O–H groups in total. The summed E-state index contributed by atoms with van der Waals surface area (Å²) in [7, 11) is 0. The molecule has 1 aliphatic heterocycles. The van der Waals surface area contributed by atoms with Crippen LogP contribution in [0.25, 0.3) is 11.1 Å². The first-order valence-corrected chi connectivity index (χ1v) is 11.1. The number of carbonyl (C=O) groups is 3. The van der Waals surface area contributed by atoms with E-state index in [-0.39, 0.29) is 36.0 Å². The van der Waals surface area contributed by atoms with Crippen molar-refractivity contribution in [2.45, 2.75) is 12.8 Å². The maximum atomic E-state index is 12.8. The summed E-state index contributed by atoms with van der Waals surface area (Å²) in [4.78, 5) is 39.5. The van der Waals surface area contributed by atoms with Crippen molar-refractivity contribution in [3.8, 4) is 16.9 Å². The summed E-state index contributed by atoms with van der Waals surface area (Å²) in [5, 5.41) is 0. The number of ether oxygens (including phenoxy) is 1. The molecule has 0 bridgehead atoms. The third-order valence-corrected chi connectivity index (χ3v) is 6.27. The van der Waals surface area contributed by atoms with Crippen molar-refractivity contribution >= 4 is 23.3 Å². The maximum absolute atomic E-state index is 12.8. The smallest absolute Gasteiger partial charge is 0.238 e. The number of nitrogens with zero attached hydrogens (tertiary/aromatic N) is 1. The Balaban J connectivity index is 1.25. The average Bonchev–Trinajstić information content (AvgIpc) is 3.13. The number of allylic oxidation sites excluding steroid dienone is 2. The maximum Gasteiger partial charge on any atom is 0.238 e. The van der Waals surface area contributed by atoms with Gasteiger partial charge in [0, 0.05) is 11.6 Å². The van der Waals surface area contributed by atoms with Gasteiger partial charge in [-0.05, 0) is 36.1 Å². The molecule has 1 aliphatic carbocycles. The van der Waals surface area contributed by atoms with E-state index < -0.39 is 0 Å². The van der Waals surface area contributed by atoms with E-state index in [4.69, 9.17) is 4.74 Å². The predicted molar refractivity (Wildman–Crippen MR) is 126 cm³/mol. The van der Waals surface area contributed by atoms with E-state index in [0.717, 1.165) is 11.1 Å².